The van der Waals surface area contributed by atoms with Gasteiger partial charge < -0.3 is 10.6 Å². The third-order valence-electron chi connectivity index (χ3n) is 3.84. The van der Waals surface area contributed by atoms with Gasteiger partial charge in [-0.2, -0.15) is 8.42 Å². The van der Waals surface area contributed by atoms with E-state index in [2.05, 4.69) is 10.6 Å². The first-order valence-corrected chi connectivity index (χ1v) is 9.25. The number of amides is 2. The first-order chi connectivity index (χ1) is 10.9. The number of nitrogens with one attached hydrogen (secondary N) is 3. The second kappa shape index (κ2) is 8.16. The van der Waals surface area contributed by atoms with Crippen molar-refractivity contribution in [2.75, 3.05) is 11.3 Å². The fourth-order valence-corrected chi connectivity index (χ4v) is 3.13. The molecular weight excluding hydrogens is 318 g/mol. The molecule has 4 N–H and O–H groups in total. The lowest BCUT2D eigenvalue weighted by molar-refractivity contribution is 0.233. The normalized spacial score (nSPS) is 15.9. The molecule has 0 radical (unpaired) electrons. The average Bonchev–Trinajstić information content (AvgIpc) is 2.48. The van der Waals surface area contributed by atoms with Crippen molar-refractivity contribution in [2.24, 2.45) is 0 Å². The number of hydrogen-bond acceptors (Lipinski definition) is 3. The Balaban J connectivity index is 1.70. The fourth-order valence-electron chi connectivity index (χ4n) is 2.69. The highest BCUT2D eigenvalue weighted by molar-refractivity contribution is 7.87. The lowest BCUT2D eigenvalue weighted by Gasteiger charge is -2.22. The Hall–Kier alpha value is -1.80. The Morgan fingerprint density at radius 3 is 2.39 bits per heavy atom. The molecule has 128 valence electrons. The van der Waals surface area contributed by atoms with Crippen molar-refractivity contribution < 1.29 is 17.8 Å². The van der Waals surface area contributed by atoms with Crippen molar-refractivity contribution in [3.8, 4) is 0 Å². The van der Waals surface area contributed by atoms with Crippen molar-refractivity contribution in [3.05, 3.63) is 29.8 Å². The van der Waals surface area contributed by atoms with E-state index in [9.17, 15) is 13.2 Å². The zero-order chi connectivity index (χ0) is 16.7. The van der Waals surface area contributed by atoms with E-state index in [1.54, 1.807) is 24.3 Å². The maximum absolute atomic E-state index is 11.8. The van der Waals surface area contributed by atoms with Gasteiger partial charge in [-0.3, -0.25) is 9.27 Å². The monoisotopic (exact) mass is 341 g/mol. The van der Waals surface area contributed by atoms with E-state index in [1.807, 2.05) is 4.72 Å². The van der Waals surface area contributed by atoms with Crippen LogP contribution in [0.4, 0.5) is 10.5 Å². The fraction of sp³-hybridized carbons (Fsp3) is 0.533. The van der Waals surface area contributed by atoms with Crippen LogP contribution in [0.15, 0.2) is 24.3 Å². The van der Waals surface area contributed by atoms with Crippen molar-refractivity contribution in [3.63, 3.8) is 0 Å². The van der Waals surface area contributed by atoms with Gasteiger partial charge in [0.2, 0.25) is 0 Å². The minimum Gasteiger partial charge on any atom is -0.338 e. The minimum absolute atomic E-state index is 0.137. The van der Waals surface area contributed by atoms with Gasteiger partial charge in [0.05, 0.1) is 5.69 Å². The van der Waals surface area contributed by atoms with Crippen LogP contribution in [0.1, 0.15) is 37.7 Å². The summed E-state index contributed by atoms with van der Waals surface area (Å²) in [4.78, 5) is 11.8. The number of benzene rings is 1. The first-order valence-electron chi connectivity index (χ1n) is 7.81. The van der Waals surface area contributed by atoms with Crippen LogP contribution in [0.5, 0.6) is 0 Å². The molecule has 1 saturated carbocycles. The summed E-state index contributed by atoms with van der Waals surface area (Å²) in [7, 11) is -4.25. The molecule has 1 aliphatic carbocycles. The smallest absolute Gasteiger partial charge is 0.338 e. The molecule has 23 heavy (non-hydrogen) atoms. The second-order valence-electron chi connectivity index (χ2n) is 5.76. The lowest BCUT2D eigenvalue weighted by atomic mass is 9.96. The summed E-state index contributed by atoms with van der Waals surface area (Å²) >= 11 is 0. The molecule has 0 spiro atoms. The van der Waals surface area contributed by atoms with Gasteiger partial charge in [-0.15, -0.1) is 0 Å². The maximum atomic E-state index is 11.8. The van der Waals surface area contributed by atoms with Gasteiger partial charge in [0.1, 0.15) is 0 Å². The molecule has 2 amide bonds. The zero-order valence-corrected chi connectivity index (χ0v) is 13.7. The van der Waals surface area contributed by atoms with Crippen LogP contribution in [-0.2, 0) is 16.7 Å². The Morgan fingerprint density at radius 1 is 1.13 bits per heavy atom. The van der Waals surface area contributed by atoms with Gasteiger partial charge >= 0.3 is 16.3 Å². The average molecular weight is 341 g/mol. The van der Waals surface area contributed by atoms with E-state index in [1.165, 1.54) is 19.3 Å². The Labute approximate surface area is 136 Å². The molecule has 0 aliphatic heterocycles. The summed E-state index contributed by atoms with van der Waals surface area (Å²) in [6.45, 7) is 0.504. The van der Waals surface area contributed by atoms with Gasteiger partial charge in [0, 0.05) is 12.6 Å². The highest BCUT2D eigenvalue weighted by Crippen LogP contribution is 2.17. The van der Waals surface area contributed by atoms with Crippen LogP contribution in [0.25, 0.3) is 0 Å². The number of rotatable bonds is 6. The topological polar surface area (TPSA) is 108 Å². The summed E-state index contributed by atoms with van der Waals surface area (Å²) in [6.07, 6.45) is 6.35. The third-order valence-corrected chi connectivity index (χ3v) is 4.33. The van der Waals surface area contributed by atoms with Crippen LogP contribution < -0.4 is 15.4 Å². The number of anilines is 1. The van der Waals surface area contributed by atoms with Crippen LogP contribution in [-0.4, -0.2) is 31.6 Å². The van der Waals surface area contributed by atoms with Crippen molar-refractivity contribution in [1.29, 1.82) is 0 Å². The van der Waals surface area contributed by atoms with Gasteiger partial charge in [-0.1, -0.05) is 31.4 Å². The zero-order valence-electron chi connectivity index (χ0n) is 12.9. The SMILES string of the molecule is O=C(NCCc1ccc(NS(=O)(=O)O)cc1)NC1CCCCC1. The van der Waals surface area contributed by atoms with Crippen molar-refractivity contribution >= 4 is 22.0 Å². The largest absolute Gasteiger partial charge is 0.357 e. The van der Waals surface area contributed by atoms with Gasteiger partial charge in [-0.25, -0.2) is 4.79 Å². The number of carbonyl (C=O) groups excluding carboxylic acids is 1. The summed E-state index contributed by atoms with van der Waals surface area (Å²) in [5.74, 6) is 0. The Morgan fingerprint density at radius 2 is 1.78 bits per heavy atom. The molecule has 2 rings (SSSR count). The van der Waals surface area contributed by atoms with E-state index in [-0.39, 0.29) is 12.1 Å². The lowest BCUT2D eigenvalue weighted by Crippen LogP contribution is -2.43. The summed E-state index contributed by atoms with van der Waals surface area (Å²) < 4.78 is 32.0. The molecular formula is C15H23N3O4S. The van der Waals surface area contributed by atoms with E-state index >= 15 is 0 Å². The molecule has 1 aromatic carbocycles. The molecule has 0 saturated heterocycles. The minimum atomic E-state index is -4.25. The Kier molecular flexibility index (Phi) is 6.23. The molecule has 0 heterocycles. The van der Waals surface area contributed by atoms with Gasteiger partial charge in [0.15, 0.2) is 0 Å². The molecule has 1 aromatic rings. The molecule has 0 unspecified atom stereocenters. The van der Waals surface area contributed by atoms with E-state index < -0.39 is 10.3 Å². The quantitative estimate of drug-likeness (QED) is 0.594. The number of urea groups is 1. The van der Waals surface area contributed by atoms with Crippen LogP contribution in [0.2, 0.25) is 0 Å². The molecule has 1 fully saturated rings. The highest BCUT2D eigenvalue weighted by atomic mass is 32.2. The van der Waals surface area contributed by atoms with E-state index in [4.69, 9.17) is 4.55 Å². The molecule has 7 nitrogen and oxygen atoms in total. The molecule has 8 heteroatoms. The highest BCUT2D eigenvalue weighted by Gasteiger charge is 2.15. The van der Waals surface area contributed by atoms with E-state index in [0.717, 1.165) is 18.4 Å². The third kappa shape index (κ3) is 6.87. The standard InChI is InChI=1S/C15H23N3O4S/c19-15(17-13-4-2-1-3-5-13)16-11-10-12-6-8-14(9-7-12)18-23(20,21)22/h6-9,13,18H,1-5,10-11H2,(H2,16,17,19)(H,20,21,22). The van der Waals surface area contributed by atoms with E-state index in [0.29, 0.717) is 18.7 Å². The van der Waals surface area contributed by atoms with Gasteiger partial charge in [-0.05, 0) is 37.0 Å². The predicted molar refractivity (Wildman–Crippen MR) is 88.7 cm³/mol. The molecule has 0 atom stereocenters. The summed E-state index contributed by atoms with van der Waals surface area (Å²) in [5.41, 5.74) is 1.25. The van der Waals surface area contributed by atoms with Gasteiger partial charge in [0.25, 0.3) is 0 Å². The van der Waals surface area contributed by atoms with Crippen LogP contribution in [0.3, 0.4) is 0 Å². The maximum Gasteiger partial charge on any atom is 0.357 e. The van der Waals surface area contributed by atoms with Crippen molar-refractivity contribution in [2.45, 2.75) is 44.6 Å². The van der Waals surface area contributed by atoms with Crippen molar-refractivity contribution in [1.82, 2.24) is 10.6 Å². The van der Waals surface area contributed by atoms with Crippen LogP contribution in [0, 0.1) is 0 Å². The van der Waals surface area contributed by atoms with Crippen LogP contribution >= 0.6 is 0 Å². The Bertz CT molecular complexity index is 610. The summed E-state index contributed by atoms with van der Waals surface area (Å²) in [5, 5.41) is 5.82. The molecule has 0 bridgehead atoms. The number of carbonyl (C=O) groups is 1. The first kappa shape index (κ1) is 17.6. The molecule has 0 aromatic heterocycles. The summed E-state index contributed by atoms with van der Waals surface area (Å²) in [6, 6.07) is 6.76. The molecule has 1 aliphatic rings. The number of hydrogen-bond donors (Lipinski definition) is 4. The predicted octanol–water partition coefficient (Wildman–Crippen LogP) is 2.08. The second-order valence-corrected chi connectivity index (χ2v) is 6.91.